The molecule has 1 amide bonds. The van der Waals surface area contributed by atoms with E-state index in [4.69, 9.17) is 0 Å². The zero-order chi connectivity index (χ0) is 13.8. The molecule has 0 radical (unpaired) electrons. The van der Waals surface area contributed by atoms with Gasteiger partial charge in [-0.15, -0.1) is 6.58 Å². The van der Waals surface area contributed by atoms with E-state index in [0.717, 1.165) is 25.7 Å². The van der Waals surface area contributed by atoms with Crippen molar-refractivity contribution in [1.29, 1.82) is 0 Å². The van der Waals surface area contributed by atoms with Crippen molar-refractivity contribution in [3.8, 4) is 0 Å². The number of hydrogen-bond acceptors (Lipinski definition) is 3. The van der Waals surface area contributed by atoms with Gasteiger partial charge in [0.15, 0.2) is 0 Å². The first kappa shape index (κ1) is 16.7. The van der Waals surface area contributed by atoms with Gasteiger partial charge in [0.2, 0.25) is 5.91 Å². The average molecular weight is 254 g/mol. The van der Waals surface area contributed by atoms with Crippen molar-refractivity contribution in [2.45, 2.75) is 51.4 Å². The second-order valence-electron chi connectivity index (χ2n) is 4.57. The number of amides is 1. The molecule has 0 fully saturated rings. The molecular formula is C14H24NO3-. The summed E-state index contributed by atoms with van der Waals surface area (Å²) in [6.45, 7) is 3.36. The van der Waals surface area contributed by atoms with E-state index in [9.17, 15) is 14.7 Å². The third-order valence-corrected chi connectivity index (χ3v) is 2.84. The molecule has 4 heteroatoms. The van der Waals surface area contributed by atoms with Crippen LogP contribution in [0.1, 0.15) is 51.4 Å². The quantitative estimate of drug-likeness (QED) is 0.415. The third kappa shape index (κ3) is 9.87. The maximum atomic E-state index is 11.5. The molecular weight excluding hydrogens is 230 g/mol. The molecule has 0 aliphatic heterocycles. The van der Waals surface area contributed by atoms with E-state index in [1.54, 1.807) is 0 Å². The summed E-state index contributed by atoms with van der Waals surface area (Å²) in [4.78, 5) is 23.0. The highest BCUT2D eigenvalue weighted by Gasteiger charge is 2.07. The number of carboxylic acid groups (broad SMARTS) is 1. The lowest BCUT2D eigenvalue weighted by Crippen LogP contribution is -2.39. The van der Waals surface area contributed by atoms with Gasteiger partial charge < -0.3 is 14.8 Å². The normalized spacial score (nSPS) is 10.1. The van der Waals surface area contributed by atoms with Crippen LogP contribution in [0.3, 0.4) is 0 Å². The van der Waals surface area contributed by atoms with Crippen molar-refractivity contribution in [1.82, 2.24) is 4.90 Å². The molecule has 18 heavy (non-hydrogen) atoms. The van der Waals surface area contributed by atoms with Crippen LogP contribution in [0.5, 0.6) is 0 Å². The van der Waals surface area contributed by atoms with Crippen LogP contribution in [0.4, 0.5) is 0 Å². The number of nitrogens with zero attached hydrogens (tertiary/aromatic N) is 1. The van der Waals surface area contributed by atoms with Crippen LogP contribution in [-0.2, 0) is 9.59 Å². The molecule has 0 aromatic heterocycles. The highest BCUT2D eigenvalue weighted by molar-refractivity contribution is 5.80. The highest BCUT2D eigenvalue weighted by atomic mass is 16.4. The Balaban J connectivity index is 3.40. The minimum Gasteiger partial charge on any atom is -0.548 e. The van der Waals surface area contributed by atoms with E-state index in [-0.39, 0.29) is 12.5 Å². The van der Waals surface area contributed by atoms with Crippen molar-refractivity contribution in [3.63, 3.8) is 0 Å². The smallest absolute Gasteiger partial charge is 0.222 e. The monoisotopic (exact) mass is 254 g/mol. The van der Waals surface area contributed by atoms with Gasteiger partial charge in [0.1, 0.15) is 0 Å². The number of carbonyl (C=O) groups excluding carboxylic acids is 2. The van der Waals surface area contributed by atoms with Crippen molar-refractivity contribution in [3.05, 3.63) is 12.7 Å². The molecule has 0 saturated carbocycles. The first-order valence-corrected chi connectivity index (χ1v) is 6.62. The summed E-state index contributed by atoms with van der Waals surface area (Å²) < 4.78 is 0. The van der Waals surface area contributed by atoms with Gasteiger partial charge in [-0.25, -0.2) is 0 Å². The Morgan fingerprint density at radius 2 is 1.67 bits per heavy atom. The number of carboxylic acids is 1. The molecule has 0 heterocycles. The van der Waals surface area contributed by atoms with Crippen LogP contribution >= 0.6 is 0 Å². The summed E-state index contributed by atoms with van der Waals surface area (Å²) >= 11 is 0. The largest absolute Gasteiger partial charge is 0.548 e. The number of rotatable bonds is 11. The maximum Gasteiger partial charge on any atom is 0.222 e. The summed E-state index contributed by atoms with van der Waals surface area (Å²) in [5, 5.41) is 10.3. The van der Waals surface area contributed by atoms with Gasteiger partial charge in [-0.1, -0.05) is 31.8 Å². The SMILES string of the molecule is C=CCCCCCCCCC(=O)N(C)CC(=O)[O-]. The van der Waals surface area contributed by atoms with Crippen molar-refractivity contribution in [2.24, 2.45) is 0 Å². The summed E-state index contributed by atoms with van der Waals surface area (Å²) in [7, 11) is 1.49. The molecule has 0 aromatic carbocycles. The Hall–Kier alpha value is -1.32. The molecule has 0 unspecified atom stereocenters. The lowest BCUT2D eigenvalue weighted by molar-refractivity contribution is -0.305. The second-order valence-corrected chi connectivity index (χ2v) is 4.57. The Kier molecular flexibility index (Phi) is 10.0. The summed E-state index contributed by atoms with van der Waals surface area (Å²) in [5.74, 6) is -1.33. The van der Waals surface area contributed by atoms with Crippen molar-refractivity contribution in [2.75, 3.05) is 13.6 Å². The Bertz CT molecular complexity index is 264. The second kappa shape index (κ2) is 10.8. The fraction of sp³-hybridized carbons (Fsp3) is 0.714. The molecule has 0 atom stereocenters. The summed E-state index contributed by atoms with van der Waals surface area (Å²) in [5.41, 5.74) is 0. The Morgan fingerprint density at radius 3 is 2.22 bits per heavy atom. The van der Waals surface area contributed by atoms with E-state index < -0.39 is 5.97 Å². The predicted molar refractivity (Wildman–Crippen MR) is 69.8 cm³/mol. The number of hydrogen-bond donors (Lipinski definition) is 0. The zero-order valence-corrected chi connectivity index (χ0v) is 11.3. The van der Waals surface area contributed by atoms with E-state index in [2.05, 4.69) is 6.58 Å². The first-order valence-electron chi connectivity index (χ1n) is 6.62. The average Bonchev–Trinajstić information content (AvgIpc) is 2.31. The number of carbonyl (C=O) groups is 2. The minimum atomic E-state index is -1.21. The van der Waals surface area contributed by atoms with Crippen LogP contribution in [0, 0.1) is 0 Å². The molecule has 0 saturated heterocycles. The summed E-state index contributed by atoms with van der Waals surface area (Å²) in [6.07, 6.45) is 10.0. The standard InChI is InChI=1S/C14H25NO3/c1-3-4-5-6-7-8-9-10-11-13(16)15(2)12-14(17)18/h3H,1,4-12H2,2H3,(H,17,18)/p-1. The van der Waals surface area contributed by atoms with Crippen LogP contribution in [-0.4, -0.2) is 30.4 Å². The topological polar surface area (TPSA) is 60.4 Å². The highest BCUT2D eigenvalue weighted by Crippen LogP contribution is 2.09. The van der Waals surface area contributed by atoms with Gasteiger partial charge in [0, 0.05) is 13.5 Å². The van der Waals surface area contributed by atoms with E-state index in [1.165, 1.54) is 31.2 Å². The molecule has 104 valence electrons. The number of likely N-dealkylation sites (N-methyl/N-ethyl adjacent to an activating group) is 1. The molecule has 0 rings (SSSR count). The molecule has 0 spiro atoms. The molecule has 0 aliphatic carbocycles. The van der Waals surface area contributed by atoms with Crippen LogP contribution in [0.25, 0.3) is 0 Å². The number of allylic oxidation sites excluding steroid dienone is 1. The number of unbranched alkanes of at least 4 members (excludes halogenated alkanes) is 6. The van der Waals surface area contributed by atoms with E-state index in [0.29, 0.717) is 6.42 Å². The van der Waals surface area contributed by atoms with Gasteiger partial charge >= 0.3 is 0 Å². The van der Waals surface area contributed by atoms with Gasteiger partial charge in [-0.3, -0.25) is 4.79 Å². The fourth-order valence-electron chi connectivity index (χ4n) is 1.74. The molecule has 0 bridgehead atoms. The first-order chi connectivity index (χ1) is 8.57. The maximum absolute atomic E-state index is 11.5. The molecule has 4 nitrogen and oxygen atoms in total. The third-order valence-electron chi connectivity index (χ3n) is 2.84. The molecule has 0 aromatic rings. The zero-order valence-electron chi connectivity index (χ0n) is 11.3. The Morgan fingerprint density at radius 1 is 1.11 bits per heavy atom. The van der Waals surface area contributed by atoms with E-state index >= 15 is 0 Å². The number of aliphatic carboxylic acids is 1. The van der Waals surface area contributed by atoms with Gasteiger partial charge in [0.25, 0.3) is 0 Å². The summed E-state index contributed by atoms with van der Waals surface area (Å²) in [6, 6.07) is 0. The van der Waals surface area contributed by atoms with Crippen LogP contribution in [0.15, 0.2) is 12.7 Å². The molecule has 0 aliphatic rings. The van der Waals surface area contributed by atoms with Gasteiger partial charge in [-0.2, -0.15) is 0 Å². The predicted octanol–water partition coefficient (Wildman–Crippen LogP) is 1.50. The molecule has 0 N–H and O–H groups in total. The van der Waals surface area contributed by atoms with Gasteiger partial charge in [0.05, 0.1) is 12.5 Å². The lowest BCUT2D eigenvalue weighted by atomic mass is 10.1. The lowest BCUT2D eigenvalue weighted by Gasteiger charge is -2.17. The van der Waals surface area contributed by atoms with E-state index in [1.807, 2.05) is 6.08 Å². The van der Waals surface area contributed by atoms with Crippen LogP contribution < -0.4 is 5.11 Å². The van der Waals surface area contributed by atoms with Crippen LogP contribution in [0.2, 0.25) is 0 Å². The minimum absolute atomic E-state index is 0.120. The van der Waals surface area contributed by atoms with Gasteiger partial charge in [-0.05, 0) is 19.3 Å². The Labute approximate surface area is 110 Å². The fourth-order valence-corrected chi connectivity index (χ4v) is 1.74. The van der Waals surface area contributed by atoms with Crippen molar-refractivity contribution >= 4 is 11.9 Å². The van der Waals surface area contributed by atoms with Crippen molar-refractivity contribution < 1.29 is 14.7 Å².